The third-order valence-electron chi connectivity index (χ3n) is 2.45. The van der Waals surface area contributed by atoms with Crippen molar-refractivity contribution in [1.82, 2.24) is 0 Å². The van der Waals surface area contributed by atoms with Gasteiger partial charge in [0, 0.05) is 9.79 Å². The van der Waals surface area contributed by atoms with Gasteiger partial charge < -0.3 is 5.73 Å². The first-order valence-electron chi connectivity index (χ1n) is 5.61. The smallest absolute Gasteiger partial charge is 0.124 e. The lowest BCUT2D eigenvalue weighted by Gasteiger charge is -2.06. The Morgan fingerprint density at radius 3 is 2.67 bits per heavy atom. The molecule has 2 aromatic carbocycles. The van der Waals surface area contributed by atoms with Crippen LogP contribution in [0.5, 0.6) is 0 Å². The van der Waals surface area contributed by atoms with E-state index in [0.29, 0.717) is 11.6 Å². The van der Waals surface area contributed by atoms with Gasteiger partial charge in [0.1, 0.15) is 5.82 Å². The van der Waals surface area contributed by atoms with Crippen LogP contribution in [-0.2, 0) is 6.42 Å². The highest BCUT2D eigenvalue weighted by Gasteiger charge is 2.04. The maximum Gasteiger partial charge on any atom is 0.124 e. The predicted octanol–water partition coefficient (Wildman–Crippen LogP) is 4.13. The third kappa shape index (κ3) is 3.48. The minimum atomic E-state index is -0.240. The van der Waals surface area contributed by atoms with E-state index in [-0.39, 0.29) is 5.82 Å². The predicted molar refractivity (Wildman–Crippen MR) is 74.7 cm³/mol. The first-order valence-corrected chi connectivity index (χ1v) is 6.80. The van der Waals surface area contributed by atoms with Crippen molar-refractivity contribution in [2.45, 2.75) is 16.2 Å². The van der Waals surface area contributed by atoms with E-state index in [4.69, 9.17) is 17.3 Å². The Balaban J connectivity index is 2.19. The maximum absolute atomic E-state index is 13.1. The fraction of sp³-hybridized carbons (Fsp3) is 0.143. The van der Waals surface area contributed by atoms with Gasteiger partial charge >= 0.3 is 0 Å². The van der Waals surface area contributed by atoms with Gasteiger partial charge in [-0.05, 0) is 48.9 Å². The molecule has 0 aliphatic carbocycles. The Hall–Kier alpha value is -1.03. The molecule has 94 valence electrons. The molecule has 0 saturated heterocycles. The molecule has 0 radical (unpaired) electrons. The molecular formula is C14H13ClFNS. The van der Waals surface area contributed by atoms with E-state index in [9.17, 15) is 4.39 Å². The summed E-state index contributed by atoms with van der Waals surface area (Å²) >= 11 is 7.65. The molecule has 0 amide bonds. The average Bonchev–Trinajstić information content (AvgIpc) is 2.33. The standard InChI is InChI=1S/C14H13ClFNS/c15-13-8-10(6-7-17)4-5-14(13)18-12-3-1-2-11(16)9-12/h1-5,8-9H,6-7,17H2. The summed E-state index contributed by atoms with van der Waals surface area (Å²) in [6.07, 6.45) is 0.810. The van der Waals surface area contributed by atoms with E-state index >= 15 is 0 Å². The van der Waals surface area contributed by atoms with Crippen LogP contribution < -0.4 is 5.73 Å². The fourth-order valence-corrected chi connectivity index (χ4v) is 2.79. The highest BCUT2D eigenvalue weighted by molar-refractivity contribution is 7.99. The third-order valence-corrected chi connectivity index (χ3v) is 3.94. The molecule has 2 aromatic rings. The van der Waals surface area contributed by atoms with Crippen molar-refractivity contribution >= 4 is 23.4 Å². The molecule has 0 aromatic heterocycles. The zero-order chi connectivity index (χ0) is 13.0. The monoisotopic (exact) mass is 281 g/mol. The quantitative estimate of drug-likeness (QED) is 0.912. The van der Waals surface area contributed by atoms with Crippen LogP contribution in [0.4, 0.5) is 4.39 Å². The molecular weight excluding hydrogens is 269 g/mol. The van der Waals surface area contributed by atoms with E-state index < -0.39 is 0 Å². The van der Waals surface area contributed by atoms with Gasteiger partial charge in [0.25, 0.3) is 0 Å². The lowest BCUT2D eigenvalue weighted by molar-refractivity contribution is 0.624. The lowest BCUT2D eigenvalue weighted by atomic mass is 10.1. The largest absolute Gasteiger partial charge is 0.330 e. The van der Waals surface area contributed by atoms with Crippen LogP contribution in [0, 0.1) is 5.82 Å². The second kappa shape index (κ2) is 6.23. The van der Waals surface area contributed by atoms with Gasteiger partial charge in [-0.3, -0.25) is 0 Å². The van der Waals surface area contributed by atoms with E-state index in [0.717, 1.165) is 21.8 Å². The van der Waals surface area contributed by atoms with Crippen LogP contribution in [0.3, 0.4) is 0 Å². The number of hydrogen-bond acceptors (Lipinski definition) is 2. The van der Waals surface area contributed by atoms with Gasteiger partial charge in [-0.15, -0.1) is 0 Å². The molecule has 2 N–H and O–H groups in total. The Morgan fingerprint density at radius 2 is 2.00 bits per heavy atom. The molecule has 0 saturated carbocycles. The van der Waals surface area contributed by atoms with Crippen LogP contribution in [0.15, 0.2) is 52.3 Å². The second-order valence-corrected chi connectivity index (χ2v) is 5.39. The first kappa shape index (κ1) is 13.4. The Labute approximate surface area is 115 Å². The molecule has 4 heteroatoms. The molecule has 0 fully saturated rings. The molecule has 18 heavy (non-hydrogen) atoms. The fourth-order valence-electron chi connectivity index (χ4n) is 1.61. The molecule has 0 aliphatic heterocycles. The SMILES string of the molecule is NCCc1ccc(Sc2cccc(F)c2)c(Cl)c1. The van der Waals surface area contributed by atoms with Crippen LogP contribution >= 0.6 is 23.4 Å². The van der Waals surface area contributed by atoms with Crippen molar-refractivity contribution < 1.29 is 4.39 Å². The summed E-state index contributed by atoms with van der Waals surface area (Å²) < 4.78 is 13.1. The van der Waals surface area contributed by atoms with Crippen molar-refractivity contribution in [2.75, 3.05) is 6.54 Å². The zero-order valence-electron chi connectivity index (χ0n) is 9.70. The maximum atomic E-state index is 13.1. The van der Waals surface area contributed by atoms with Crippen LogP contribution in [0.25, 0.3) is 0 Å². The molecule has 0 bridgehead atoms. The van der Waals surface area contributed by atoms with Crippen molar-refractivity contribution in [2.24, 2.45) is 5.73 Å². The van der Waals surface area contributed by atoms with Crippen LogP contribution in [-0.4, -0.2) is 6.54 Å². The van der Waals surface area contributed by atoms with Crippen molar-refractivity contribution in [3.05, 3.63) is 58.9 Å². The molecule has 2 rings (SSSR count). The number of rotatable bonds is 4. The molecule has 1 nitrogen and oxygen atoms in total. The van der Waals surface area contributed by atoms with Gasteiger partial charge in [0.15, 0.2) is 0 Å². The van der Waals surface area contributed by atoms with Gasteiger partial charge in [-0.25, -0.2) is 4.39 Å². The second-order valence-electron chi connectivity index (χ2n) is 3.86. The molecule has 0 atom stereocenters. The molecule has 0 spiro atoms. The number of benzene rings is 2. The number of halogens is 2. The van der Waals surface area contributed by atoms with Gasteiger partial charge in [-0.2, -0.15) is 0 Å². The minimum Gasteiger partial charge on any atom is -0.330 e. The average molecular weight is 282 g/mol. The van der Waals surface area contributed by atoms with Crippen molar-refractivity contribution in [3.8, 4) is 0 Å². The summed E-state index contributed by atoms with van der Waals surface area (Å²) in [5.41, 5.74) is 6.62. The van der Waals surface area contributed by atoms with E-state index in [1.165, 1.54) is 23.9 Å². The summed E-state index contributed by atoms with van der Waals surface area (Å²) in [6, 6.07) is 12.3. The van der Waals surface area contributed by atoms with E-state index in [1.807, 2.05) is 24.3 Å². The first-order chi connectivity index (χ1) is 8.69. The molecule has 0 heterocycles. The van der Waals surface area contributed by atoms with Crippen molar-refractivity contribution in [3.63, 3.8) is 0 Å². The summed E-state index contributed by atoms with van der Waals surface area (Å²) in [7, 11) is 0. The Bertz CT molecular complexity index is 545. The van der Waals surface area contributed by atoms with Gasteiger partial charge in [0.05, 0.1) is 5.02 Å². The molecule has 0 aliphatic rings. The van der Waals surface area contributed by atoms with Gasteiger partial charge in [-0.1, -0.05) is 35.5 Å². The summed E-state index contributed by atoms with van der Waals surface area (Å²) in [5.74, 6) is -0.240. The lowest BCUT2D eigenvalue weighted by Crippen LogP contribution is -2.02. The van der Waals surface area contributed by atoms with Crippen LogP contribution in [0.1, 0.15) is 5.56 Å². The number of hydrogen-bond donors (Lipinski definition) is 1. The topological polar surface area (TPSA) is 26.0 Å². The minimum absolute atomic E-state index is 0.240. The number of nitrogens with two attached hydrogens (primary N) is 1. The zero-order valence-corrected chi connectivity index (χ0v) is 11.3. The Kier molecular flexibility index (Phi) is 4.64. The van der Waals surface area contributed by atoms with E-state index in [1.54, 1.807) is 6.07 Å². The highest BCUT2D eigenvalue weighted by atomic mass is 35.5. The van der Waals surface area contributed by atoms with Crippen LogP contribution in [0.2, 0.25) is 5.02 Å². The summed E-state index contributed by atoms with van der Waals surface area (Å²) in [4.78, 5) is 1.76. The normalized spacial score (nSPS) is 10.6. The van der Waals surface area contributed by atoms with E-state index in [2.05, 4.69) is 0 Å². The summed E-state index contributed by atoms with van der Waals surface area (Å²) in [6.45, 7) is 0.604. The molecule has 0 unspecified atom stereocenters. The Morgan fingerprint density at radius 1 is 1.17 bits per heavy atom. The van der Waals surface area contributed by atoms with Crippen molar-refractivity contribution in [1.29, 1.82) is 0 Å². The highest BCUT2D eigenvalue weighted by Crippen LogP contribution is 2.34. The summed E-state index contributed by atoms with van der Waals surface area (Å²) in [5, 5.41) is 0.676. The van der Waals surface area contributed by atoms with Gasteiger partial charge in [0.2, 0.25) is 0 Å².